The van der Waals surface area contributed by atoms with Crippen molar-refractivity contribution < 1.29 is 0 Å². The number of nitrogens with zero attached hydrogens (tertiary/aromatic N) is 1. The quantitative estimate of drug-likeness (QED) is 0.870. The Bertz CT molecular complexity index is 482. The van der Waals surface area contributed by atoms with Crippen LogP contribution in [-0.2, 0) is 0 Å². The van der Waals surface area contributed by atoms with Gasteiger partial charge in [0.25, 0.3) is 0 Å². The maximum Gasteiger partial charge on any atom is 0.107 e. The number of aromatic nitrogens is 1. The molecular weight excluding hydrogens is 222 g/mol. The molecule has 1 unspecified atom stereocenters. The molecule has 1 atom stereocenters. The molecule has 0 saturated carbocycles. The fourth-order valence-corrected chi connectivity index (χ4v) is 3.02. The third-order valence-corrected chi connectivity index (χ3v) is 3.95. The lowest BCUT2D eigenvalue weighted by Crippen LogP contribution is -2.40. The number of benzene rings is 1. The van der Waals surface area contributed by atoms with E-state index < -0.39 is 0 Å². The zero-order chi connectivity index (χ0) is 12.4. The third kappa shape index (κ3) is 2.10. The fourth-order valence-electron chi connectivity index (χ4n) is 3.02. The Morgan fingerprint density at radius 3 is 3.00 bits per heavy atom. The van der Waals surface area contributed by atoms with Gasteiger partial charge in [0.15, 0.2) is 0 Å². The normalized spacial score (nSPS) is 20.5. The van der Waals surface area contributed by atoms with Gasteiger partial charge in [-0.2, -0.15) is 0 Å². The van der Waals surface area contributed by atoms with Crippen LogP contribution in [-0.4, -0.2) is 24.1 Å². The van der Waals surface area contributed by atoms with Gasteiger partial charge in [-0.1, -0.05) is 18.2 Å². The summed E-state index contributed by atoms with van der Waals surface area (Å²) in [5, 5.41) is 1.30. The van der Waals surface area contributed by atoms with Gasteiger partial charge in [-0.3, -0.25) is 0 Å². The van der Waals surface area contributed by atoms with Crippen molar-refractivity contribution in [3.8, 4) is 0 Å². The van der Waals surface area contributed by atoms with E-state index in [4.69, 9.17) is 5.73 Å². The molecule has 0 spiro atoms. The Hall–Kier alpha value is -1.48. The number of aromatic amines is 1. The second kappa shape index (κ2) is 5.02. The molecule has 18 heavy (non-hydrogen) atoms. The number of hydrogen-bond acceptors (Lipinski definition) is 2. The van der Waals surface area contributed by atoms with E-state index in [1.54, 1.807) is 0 Å². The summed E-state index contributed by atoms with van der Waals surface area (Å²) in [6.45, 7) is 1.93. The van der Waals surface area contributed by atoms with Crippen LogP contribution in [0.25, 0.3) is 10.9 Å². The van der Waals surface area contributed by atoms with Gasteiger partial charge in [0.05, 0.1) is 0 Å². The van der Waals surface area contributed by atoms with Crippen LogP contribution in [0, 0.1) is 0 Å². The largest absolute Gasteiger partial charge is 0.355 e. The van der Waals surface area contributed by atoms with Crippen LogP contribution >= 0.6 is 0 Å². The molecular formula is C15H21N3. The van der Waals surface area contributed by atoms with Crippen molar-refractivity contribution in [2.24, 2.45) is 5.73 Å². The lowest BCUT2D eigenvalue weighted by atomic mass is 9.99. The molecule has 0 radical (unpaired) electrons. The Morgan fingerprint density at radius 2 is 2.17 bits per heavy atom. The van der Waals surface area contributed by atoms with Crippen LogP contribution < -0.4 is 10.6 Å². The highest BCUT2D eigenvalue weighted by Gasteiger charge is 2.22. The lowest BCUT2D eigenvalue weighted by Gasteiger charge is -2.36. The zero-order valence-corrected chi connectivity index (χ0v) is 10.7. The van der Waals surface area contributed by atoms with E-state index in [9.17, 15) is 0 Å². The molecule has 3 heteroatoms. The molecule has 0 amide bonds. The number of H-pyrrole nitrogens is 1. The summed E-state index contributed by atoms with van der Waals surface area (Å²) in [6, 6.07) is 11.4. The van der Waals surface area contributed by atoms with E-state index in [1.807, 2.05) is 0 Å². The Kier molecular flexibility index (Phi) is 3.24. The molecule has 2 heterocycles. The number of nitrogens with one attached hydrogen (secondary N) is 1. The number of piperidine rings is 1. The van der Waals surface area contributed by atoms with Gasteiger partial charge in [-0.05, 0) is 44.4 Å². The highest BCUT2D eigenvalue weighted by Crippen LogP contribution is 2.28. The topological polar surface area (TPSA) is 45.0 Å². The Labute approximate surface area is 108 Å². The first kappa shape index (κ1) is 11.6. The summed E-state index contributed by atoms with van der Waals surface area (Å²) in [5.74, 6) is 1.26. The molecule has 1 aliphatic rings. The molecule has 1 aromatic carbocycles. The van der Waals surface area contributed by atoms with E-state index in [-0.39, 0.29) is 0 Å². The van der Waals surface area contributed by atoms with Gasteiger partial charge in [0.1, 0.15) is 5.82 Å². The molecule has 0 bridgehead atoms. The van der Waals surface area contributed by atoms with Gasteiger partial charge < -0.3 is 15.6 Å². The van der Waals surface area contributed by atoms with Gasteiger partial charge >= 0.3 is 0 Å². The van der Waals surface area contributed by atoms with Crippen molar-refractivity contribution in [3.63, 3.8) is 0 Å². The zero-order valence-electron chi connectivity index (χ0n) is 10.7. The molecule has 1 aromatic heterocycles. The third-order valence-electron chi connectivity index (χ3n) is 3.95. The van der Waals surface area contributed by atoms with E-state index in [1.165, 1.54) is 36.0 Å². The van der Waals surface area contributed by atoms with Gasteiger partial charge in [-0.25, -0.2) is 0 Å². The van der Waals surface area contributed by atoms with Crippen LogP contribution in [0.4, 0.5) is 5.82 Å². The smallest absolute Gasteiger partial charge is 0.107 e. The number of para-hydroxylation sites is 1. The Morgan fingerprint density at radius 1 is 1.28 bits per heavy atom. The minimum absolute atomic E-state index is 0.608. The molecule has 96 valence electrons. The molecule has 0 aliphatic carbocycles. The van der Waals surface area contributed by atoms with E-state index in [0.717, 1.165) is 19.5 Å². The number of fused-ring (bicyclic) bond motifs is 1. The monoisotopic (exact) mass is 243 g/mol. The first-order chi connectivity index (χ1) is 8.88. The van der Waals surface area contributed by atoms with Crippen molar-refractivity contribution in [1.82, 2.24) is 4.98 Å². The predicted octanol–water partition coefficient (Wildman–Crippen LogP) is 2.88. The molecule has 1 aliphatic heterocycles. The van der Waals surface area contributed by atoms with Crippen LogP contribution in [0.3, 0.4) is 0 Å². The number of rotatable bonds is 3. The summed E-state index contributed by atoms with van der Waals surface area (Å²) < 4.78 is 0. The van der Waals surface area contributed by atoms with E-state index >= 15 is 0 Å². The number of hydrogen-bond donors (Lipinski definition) is 2. The molecule has 3 N–H and O–H groups in total. The first-order valence-corrected chi connectivity index (χ1v) is 6.93. The summed E-state index contributed by atoms with van der Waals surface area (Å²) in [6.07, 6.45) is 4.99. The van der Waals surface area contributed by atoms with Crippen LogP contribution in [0.15, 0.2) is 30.3 Å². The average molecular weight is 243 g/mol. The summed E-state index contributed by atoms with van der Waals surface area (Å²) >= 11 is 0. The molecule has 2 aromatic rings. The van der Waals surface area contributed by atoms with Crippen molar-refractivity contribution in [1.29, 1.82) is 0 Å². The number of nitrogens with two attached hydrogens (primary N) is 1. The van der Waals surface area contributed by atoms with Gasteiger partial charge in [0, 0.05) is 23.5 Å². The molecule has 3 nitrogen and oxygen atoms in total. The van der Waals surface area contributed by atoms with E-state index in [0.29, 0.717) is 6.04 Å². The highest BCUT2D eigenvalue weighted by atomic mass is 15.2. The van der Waals surface area contributed by atoms with Crippen LogP contribution in [0.2, 0.25) is 0 Å². The summed E-state index contributed by atoms with van der Waals surface area (Å²) in [7, 11) is 0. The standard InChI is InChI=1S/C15H21N3/c16-9-8-13-6-3-4-10-18(13)15-11-12-5-1-2-7-14(12)17-15/h1-2,5,7,11,13,17H,3-4,6,8-10,16H2. The predicted molar refractivity (Wildman–Crippen MR) is 77.0 cm³/mol. The summed E-state index contributed by atoms with van der Waals surface area (Å²) in [5.41, 5.74) is 6.96. The maximum absolute atomic E-state index is 5.74. The Balaban J connectivity index is 1.91. The minimum Gasteiger partial charge on any atom is -0.355 e. The first-order valence-electron chi connectivity index (χ1n) is 6.93. The lowest BCUT2D eigenvalue weighted by molar-refractivity contribution is 0.439. The van der Waals surface area contributed by atoms with Crippen molar-refractivity contribution in [2.45, 2.75) is 31.7 Å². The van der Waals surface area contributed by atoms with Gasteiger partial charge in [0.2, 0.25) is 0 Å². The molecule has 3 rings (SSSR count). The van der Waals surface area contributed by atoms with Gasteiger partial charge in [-0.15, -0.1) is 0 Å². The fraction of sp³-hybridized carbons (Fsp3) is 0.467. The second-order valence-electron chi connectivity index (χ2n) is 5.16. The van der Waals surface area contributed by atoms with E-state index in [2.05, 4.69) is 40.2 Å². The molecule has 1 fully saturated rings. The maximum atomic E-state index is 5.74. The van der Waals surface area contributed by atoms with Crippen molar-refractivity contribution in [3.05, 3.63) is 30.3 Å². The SMILES string of the molecule is NCCC1CCCCN1c1cc2ccccc2[nH]1. The minimum atomic E-state index is 0.608. The van der Waals surface area contributed by atoms with Crippen LogP contribution in [0.1, 0.15) is 25.7 Å². The average Bonchev–Trinajstić information content (AvgIpc) is 2.83. The molecule has 1 saturated heterocycles. The second-order valence-corrected chi connectivity index (χ2v) is 5.16. The highest BCUT2D eigenvalue weighted by molar-refractivity contribution is 5.84. The van der Waals surface area contributed by atoms with Crippen LogP contribution in [0.5, 0.6) is 0 Å². The number of anilines is 1. The summed E-state index contributed by atoms with van der Waals surface area (Å²) in [4.78, 5) is 6.05. The van der Waals surface area contributed by atoms with Crippen molar-refractivity contribution in [2.75, 3.05) is 18.0 Å². The van der Waals surface area contributed by atoms with Crippen molar-refractivity contribution >= 4 is 16.7 Å².